The van der Waals surface area contributed by atoms with Crippen LogP contribution in [0, 0.1) is 0 Å². The van der Waals surface area contributed by atoms with Gasteiger partial charge in [-0.2, -0.15) is 0 Å². The fourth-order valence-corrected chi connectivity index (χ4v) is 3.01. The van der Waals surface area contributed by atoms with Gasteiger partial charge in [0.15, 0.2) is 11.6 Å². The Morgan fingerprint density at radius 3 is 1.79 bits per heavy atom. The second-order valence-corrected chi connectivity index (χ2v) is 10.6. The third kappa shape index (κ3) is 6.71. The Labute approximate surface area is 198 Å². The second kappa shape index (κ2) is 9.38. The van der Waals surface area contributed by atoms with Gasteiger partial charge in [0.05, 0.1) is 0 Å². The van der Waals surface area contributed by atoms with E-state index in [0.29, 0.717) is 12.2 Å². The van der Waals surface area contributed by atoms with E-state index in [1.54, 1.807) is 0 Å². The predicted molar refractivity (Wildman–Crippen MR) is 123 cm³/mol. The minimum Gasteiger partial charge on any atom is -0.213 e. The van der Waals surface area contributed by atoms with E-state index in [1.807, 2.05) is 66.7 Å². The highest BCUT2D eigenvalue weighted by Gasteiger charge is 2.33. The lowest BCUT2D eigenvalue weighted by molar-refractivity contribution is 0.792. The first-order chi connectivity index (χ1) is 13.6. The van der Waals surface area contributed by atoms with Crippen molar-refractivity contribution in [3.8, 4) is 0 Å². The van der Waals surface area contributed by atoms with Crippen LogP contribution < -0.4 is 0 Å². The standard InChI is InChI=1S/C20H13Cl6N3/c21-19(22,23)17-27-16(28-18(29-17)20(24,25)26)12-15-8-4-7-14(11-15)10-9-13-5-2-1-3-6-13/h1-11H,12H2/b10-9+. The number of rotatable bonds is 4. The van der Waals surface area contributed by atoms with Crippen LogP contribution in [0.5, 0.6) is 0 Å². The number of benzene rings is 2. The molecule has 0 bridgehead atoms. The molecule has 0 radical (unpaired) electrons. The van der Waals surface area contributed by atoms with Gasteiger partial charge in [-0.25, -0.2) is 15.0 Å². The SMILES string of the molecule is ClC(Cl)(Cl)c1nc(Cc2cccc(/C=C/c3ccccc3)c2)nc(C(Cl)(Cl)Cl)n1. The number of aromatic nitrogens is 3. The van der Waals surface area contributed by atoms with Gasteiger partial charge in [-0.1, -0.05) is 136 Å². The lowest BCUT2D eigenvalue weighted by atomic mass is 10.1. The molecule has 0 N–H and O–H groups in total. The minimum absolute atomic E-state index is 0.103. The second-order valence-electron chi connectivity index (χ2n) is 6.06. The molecule has 3 rings (SSSR count). The maximum Gasteiger partial charge on any atom is 0.250 e. The molecule has 0 amide bonds. The number of halogens is 6. The van der Waals surface area contributed by atoms with E-state index >= 15 is 0 Å². The Hall–Kier alpha value is -1.07. The molecule has 2 aromatic carbocycles. The lowest BCUT2D eigenvalue weighted by Crippen LogP contribution is -2.18. The highest BCUT2D eigenvalue weighted by atomic mass is 35.6. The molecule has 3 nitrogen and oxygen atoms in total. The zero-order valence-corrected chi connectivity index (χ0v) is 19.2. The summed E-state index contributed by atoms with van der Waals surface area (Å²) in [6, 6.07) is 17.9. The van der Waals surface area contributed by atoms with Crippen LogP contribution in [0.3, 0.4) is 0 Å². The molecule has 0 aliphatic heterocycles. The summed E-state index contributed by atoms with van der Waals surface area (Å²) in [5, 5.41) is 0. The largest absolute Gasteiger partial charge is 0.250 e. The molecule has 1 aromatic heterocycles. The van der Waals surface area contributed by atoms with E-state index < -0.39 is 7.59 Å². The average Bonchev–Trinajstić information content (AvgIpc) is 2.66. The van der Waals surface area contributed by atoms with Crippen molar-refractivity contribution in [1.29, 1.82) is 0 Å². The van der Waals surface area contributed by atoms with Gasteiger partial charge in [0.1, 0.15) is 5.82 Å². The summed E-state index contributed by atoms with van der Waals surface area (Å²) < 4.78 is -3.74. The van der Waals surface area contributed by atoms with Crippen LogP contribution in [0.15, 0.2) is 54.6 Å². The summed E-state index contributed by atoms with van der Waals surface area (Å²) in [5.41, 5.74) is 3.07. The van der Waals surface area contributed by atoms with Crippen LogP contribution in [0.25, 0.3) is 12.2 Å². The van der Waals surface area contributed by atoms with Crippen molar-refractivity contribution < 1.29 is 0 Å². The summed E-state index contributed by atoms with van der Waals surface area (Å²) in [5.74, 6) is 0.120. The first-order valence-corrected chi connectivity index (χ1v) is 10.6. The van der Waals surface area contributed by atoms with Crippen LogP contribution in [0.2, 0.25) is 0 Å². The van der Waals surface area contributed by atoms with Gasteiger partial charge in [0, 0.05) is 6.42 Å². The van der Waals surface area contributed by atoms with Gasteiger partial charge in [0.2, 0.25) is 7.59 Å². The molecule has 29 heavy (non-hydrogen) atoms. The van der Waals surface area contributed by atoms with Crippen LogP contribution >= 0.6 is 69.6 Å². The predicted octanol–water partition coefficient (Wildman–Crippen LogP) is 7.29. The van der Waals surface area contributed by atoms with E-state index in [4.69, 9.17) is 69.6 Å². The molecular weight excluding hydrogens is 495 g/mol. The molecule has 0 fully saturated rings. The van der Waals surface area contributed by atoms with Crippen LogP contribution in [0.1, 0.15) is 34.2 Å². The van der Waals surface area contributed by atoms with Crippen LogP contribution in [-0.2, 0) is 14.0 Å². The Balaban J connectivity index is 1.89. The Kier molecular flexibility index (Phi) is 7.32. The number of alkyl halides is 6. The van der Waals surface area contributed by atoms with Gasteiger partial charge in [-0.05, 0) is 16.7 Å². The van der Waals surface area contributed by atoms with Crippen molar-refractivity contribution in [2.24, 2.45) is 0 Å². The summed E-state index contributed by atoms with van der Waals surface area (Å²) in [6.45, 7) is 0. The molecule has 1 heterocycles. The first-order valence-electron chi connectivity index (χ1n) is 8.33. The molecular formula is C20H13Cl6N3. The molecule has 0 atom stereocenters. The Morgan fingerprint density at radius 2 is 1.21 bits per heavy atom. The van der Waals surface area contributed by atoms with Crippen molar-refractivity contribution in [3.63, 3.8) is 0 Å². The van der Waals surface area contributed by atoms with Gasteiger partial charge >= 0.3 is 0 Å². The molecule has 0 unspecified atom stereocenters. The van der Waals surface area contributed by atoms with Crippen LogP contribution in [0.4, 0.5) is 0 Å². The maximum atomic E-state index is 5.92. The van der Waals surface area contributed by atoms with Crippen molar-refractivity contribution in [2.45, 2.75) is 14.0 Å². The quantitative estimate of drug-likeness (QED) is 0.275. The summed E-state index contributed by atoms with van der Waals surface area (Å²) in [7, 11) is 0. The molecule has 9 heteroatoms. The number of nitrogens with zero attached hydrogens (tertiary/aromatic N) is 3. The third-order valence-corrected chi connectivity index (χ3v) is 4.78. The first kappa shape index (κ1) is 22.6. The zero-order chi connectivity index (χ0) is 21.1. The zero-order valence-electron chi connectivity index (χ0n) is 14.7. The summed E-state index contributed by atoms with van der Waals surface area (Å²) in [4.78, 5) is 12.4. The van der Waals surface area contributed by atoms with E-state index in [1.165, 1.54) is 0 Å². The summed E-state index contributed by atoms with van der Waals surface area (Å²) in [6.07, 6.45) is 4.40. The topological polar surface area (TPSA) is 38.7 Å². The molecule has 0 saturated carbocycles. The van der Waals surface area contributed by atoms with Gasteiger partial charge in [-0.15, -0.1) is 0 Å². The van der Waals surface area contributed by atoms with E-state index in [9.17, 15) is 0 Å². The minimum atomic E-state index is -1.87. The monoisotopic (exact) mass is 505 g/mol. The normalized spacial score (nSPS) is 12.5. The van der Waals surface area contributed by atoms with Crippen LogP contribution in [-0.4, -0.2) is 15.0 Å². The molecule has 0 aliphatic rings. The smallest absolute Gasteiger partial charge is 0.213 e. The average molecular weight is 508 g/mol. The van der Waals surface area contributed by atoms with Crippen molar-refractivity contribution in [2.75, 3.05) is 0 Å². The van der Waals surface area contributed by atoms with E-state index in [2.05, 4.69) is 15.0 Å². The fourth-order valence-electron chi connectivity index (χ4n) is 2.50. The number of hydrogen-bond donors (Lipinski definition) is 0. The van der Waals surface area contributed by atoms with Crippen molar-refractivity contribution in [1.82, 2.24) is 15.0 Å². The number of hydrogen-bond acceptors (Lipinski definition) is 3. The molecule has 0 spiro atoms. The Bertz CT molecular complexity index is 978. The molecule has 0 saturated heterocycles. The van der Waals surface area contributed by atoms with Crippen molar-refractivity contribution in [3.05, 3.63) is 88.8 Å². The van der Waals surface area contributed by atoms with E-state index in [0.717, 1.165) is 16.7 Å². The highest BCUT2D eigenvalue weighted by Crippen LogP contribution is 2.40. The third-order valence-electron chi connectivity index (χ3n) is 3.77. The van der Waals surface area contributed by atoms with Gasteiger partial charge in [0.25, 0.3) is 0 Å². The van der Waals surface area contributed by atoms with Gasteiger partial charge < -0.3 is 0 Å². The van der Waals surface area contributed by atoms with Crippen molar-refractivity contribution >= 4 is 81.8 Å². The lowest BCUT2D eigenvalue weighted by Gasteiger charge is -2.15. The molecule has 3 aromatic rings. The Morgan fingerprint density at radius 1 is 0.655 bits per heavy atom. The fraction of sp³-hybridized carbons (Fsp3) is 0.150. The van der Waals surface area contributed by atoms with Gasteiger partial charge in [-0.3, -0.25) is 0 Å². The highest BCUT2D eigenvalue weighted by molar-refractivity contribution is 6.67. The molecule has 150 valence electrons. The molecule has 0 aliphatic carbocycles. The maximum absolute atomic E-state index is 5.92. The van der Waals surface area contributed by atoms with E-state index in [-0.39, 0.29) is 11.6 Å². The summed E-state index contributed by atoms with van der Waals surface area (Å²) >= 11 is 35.5.